The van der Waals surface area contributed by atoms with Crippen LogP contribution in [0.5, 0.6) is 0 Å². The van der Waals surface area contributed by atoms with Gasteiger partial charge in [0.05, 0.1) is 13.2 Å². The number of carbonyl (C=O) groups excluding carboxylic acids is 1. The summed E-state index contributed by atoms with van der Waals surface area (Å²) in [6.07, 6.45) is 0. The molecule has 0 fully saturated rings. The van der Waals surface area contributed by atoms with Crippen LogP contribution in [0.4, 0.5) is 0 Å². The second-order valence-electron chi connectivity index (χ2n) is 2.96. The Balaban J connectivity index is 4.36. The van der Waals surface area contributed by atoms with Gasteiger partial charge in [-0.3, -0.25) is 18.9 Å². The van der Waals surface area contributed by atoms with Gasteiger partial charge in [-0.2, -0.15) is 0 Å². The molecule has 0 radical (unpaired) electrons. The highest BCUT2D eigenvalue weighted by Gasteiger charge is 2.27. The van der Waals surface area contributed by atoms with Gasteiger partial charge in [-0.25, -0.2) is 4.57 Å². The highest BCUT2D eigenvalue weighted by atomic mass is 31.2. The SMILES string of the molecule is CCOP(=O)(NC(=O)C(C)C)OCC. The molecule has 0 spiro atoms. The summed E-state index contributed by atoms with van der Waals surface area (Å²) in [4.78, 5) is 11.3. The van der Waals surface area contributed by atoms with Crippen molar-refractivity contribution in [3.63, 3.8) is 0 Å². The van der Waals surface area contributed by atoms with Gasteiger partial charge in [0, 0.05) is 5.92 Å². The zero-order valence-electron chi connectivity index (χ0n) is 9.07. The summed E-state index contributed by atoms with van der Waals surface area (Å²) in [5.41, 5.74) is 0. The van der Waals surface area contributed by atoms with Crippen LogP contribution in [0.1, 0.15) is 27.7 Å². The molecule has 1 N–H and O–H groups in total. The molecule has 84 valence electrons. The molecule has 0 saturated carbocycles. The number of hydrogen-bond donors (Lipinski definition) is 1. The van der Waals surface area contributed by atoms with Crippen molar-refractivity contribution in [1.29, 1.82) is 0 Å². The molecule has 0 rings (SSSR count). The van der Waals surface area contributed by atoms with E-state index in [1.165, 1.54) is 0 Å². The summed E-state index contributed by atoms with van der Waals surface area (Å²) < 4.78 is 21.5. The van der Waals surface area contributed by atoms with Crippen LogP contribution in [0, 0.1) is 5.92 Å². The van der Waals surface area contributed by atoms with Gasteiger partial charge in [0.25, 0.3) is 0 Å². The normalized spacial score (nSPS) is 11.8. The fraction of sp³-hybridized carbons (Fsp3) is 0.875. The van der Waals surface area contributed by atoms with Crippen molar-refractivity contribution in [2.75, 3.05) is 13.2 Å². The van der Waals surface area contributed by atoms with Crippen molar-refractivity contribution in [3.05, 3.63) is 0 Å². The Morgan fingerprint density at radius 1 is 1.29 bits per heavy atom. The van der Waals surface area contributed by atoms with Crippen LogP contribution in [-0.4, -0.2) is 19.1 Å². The average Bonchev–Trinajstić information content (AvgIpc) is 2.04. The number of carbonyl (C=O) groups is 1. The molecular formula is C8H18NO4P. The third-order valence-electron chi connectivity index (χ3n) is 1.37. The van der Waals surface area contributed by atoms with Crippen molar-refractivity contribution in [2.24, 2.45) is 5.92 Å². The Morgan fingerprint density at radius 3 is 2.00 bits per heavy atom. The van der Waals surface area contributed by atoms with E-state index in [0.717, 1.165) is 0 Å². The molecule has 0 atom stereocenters. The Bertz CT molecular complexity index is 219. The fourth-order valence-electron chi connectivity index (χ4n) is 0.706. The van der Waals surface area contributed by atoms with Crippen LogP contribution in [-0.2, 0) is 18.4 Å². The molecule has 0 heterocycles. The van der Waals surface area contributed by atoms with Gasteiger partial charge in [-0.1, -0.05) is 13.8 Å². The van der Waals surface area contributed by atoms with Gasteiger partial charge in [0.2, 0.25) is 5.91 Å². The molecule has 0 saturated heterocycles. The van der Waals surface area contributed by atoms with Crippen LogP contribution in [0.3, 0.4) is 0 Å². The quantitative estimate of drug-likeness (QED) is 0.699. The lowest BCUT2D eigenvalue weighted by atomic mass is 10.2. The first kappa shape index (κ1) is 13.6. The van der Waals surface area contributed by atoms with Crippen molar-refractivity contribution in [2.45, 2.75) is 27.7 Å². The number of rotatable bonds is 6. The average molecular weight is 223 g/mol. The Hall–Kier alpha value is -0.380. The van der Waals surface area contributed by atoms with Gasteiger partial charge >= 0.3 is 7.75 Å². The zero-order chi connectivity index (χ0) is 11.2. The van der Waals surface area contributed by atoms with Crippen molar-refractivity contribution >= 4 is 13.7 Å². The van der Waals surface area contributed by atoms with Gasteiger partial charge in [-0.15, -0.1) is 0 Å². The van der Waals surface area contributed by atoms with Crippen LogP contribution >= 0.6 is 7.75 Å². The number of amides is 1. The molecule has 0 bridgehead atoms. The molecule has 6 heteroatoms. The van der Waals surface area contributed by atoms with E-state index in [1.807, 2.05) is 0 Å². The van der Waals surface area contributed by atoms with Crippen molar-refractivity contribution in [3.8, 4) is 0 Å². The molecule has 0 aromatic carbocycles. The Morgan fingerprint density at radius 2 is 1.71 bits per heavy atom. The standard InChI is InChI=1S/C8H18NO4P/c1-5-12-14(11,13-6-2)9-8(10)7(3)4/h7H,5-6H2,1-4H3,(H,9,10,11). The number of hydrogen-bond acceptors (Lipinski definition) is 4. The first-order valence-corrected chi connectivity index (χ1v) is 6.20. The fourth-order valence-corrected chi connectivity index (χ4v) is 2.12. The van der Waals surface area contributed by atoms with E-state index in [4.69, 9.17) is 9.05 Å². The van der Waals surface area contributed by atoms with E-state index in [-0.39, 0.29) is 25.0 Å². The van der Waals surface area contributed by atoms with Gasteiger partial charge in [0.1, 0.15) is 0 Å². The first-order chi connectivity index (χ1) is 6.45. The van der Waals surface area contributed by atoms with E-state index in [0.29, 0.717) is 0 Å². The smallest absolute Gasteiger partial charge is 0.293 e. The van der Waals surface area contributed by atoms with Crippen molar-refractivity contribution < 1.29 is 18.4 Å². The monoisotopic (exact) mass is 223 g/mol. The third kappa shape index (κ3) is 4.74. The topological polar surface area (TPSA) is 64.6 Å². The minimum Gasteiger partial charge on any atom is -0.293 e. The summed E-state index contributed by atoms with van der Waals surface area (Å²) >= 11 is 0. The zero-order valence-corrected chi connectivity index (χ0v) is 9.97. The molecule has 0 aromatic heterocycles. The lowest BCUT2D eigenvalue weighted by molar-refractivity contribution is -0.122. The van der Waals surface area contributed by atoms with Crippen LogP contribution in [0.15, 0.2) is 0 Å². The van der Waals surface area contributed by atoms with E-state index in [9.17, 15) is 9.36 Å². The van der Waals surface area contributed by atoms with E-state index in [1.54, 1.807) is 27.7 Å². The molecular weight excluding hydrogens is 205 g/mol. The highest BCUT2D eigenvalue weighted by molar-refractivity contribution is 7.52. The summed E-state index contributed by atoms with van der Waals surface area (Å²) in [6, 6.07) is 0. The Labute approximate surface area is 84.8 Å². The predicted octanol–water partition coefficient (Wildman–Crippen LogP) is 1.94. The summed E-state index contributed by atoms with van der Waals surface area (Å²) in [5, 5.41) is 2.27. The maximum absolute atomic E-state index is 11.8. The first-order valence-electron chi connectivity index (χ1n) is 4.66. The molecule has 5 nitrogen and oxygen atoms in total. The lowest BCUT2D eigenvalue weighted by Gasteiger charge is -2.18. The minimum atomic E-state index is -3.43. The van der Waals surface area contributed by atoms with E-state index in [2.05, 4.69) is 5.09 Å². The lowest BCUT2D eigenvalue weighted by Crippen LogP contribution is -2.27. The number of nitrogens with one attached hydrogen (secondary N) is 1. The summed E-state index contributed by atoms with van der Waals surface area (Å²) in [7, 11) is -3.43. The summed E-state index contributed by atoms with van der Waals surface area (Å²) in [6.45, 7) is 7.25. The van der Waals surface area contributed by atoms with Gasteiger partial charge < -0.3 is 0 Å². The van der Waals surface area contributed by atoms with Crippen LogP contribution in [0.2, 0.25) is 0 Å². The molecule has 14 heavy (non-hydrogen) atoms. The second kappa shape index (κ2) is 6.17. The minimum absolute atomic E-state index is 0.232. The van der Waals surface area contributed by atoms with E-state index >= 15 is 0 Å². The van der Waals surface area contributed by atoms with Crippen LogP contribution in [0.25, 0.3) is 0 Å². The molecule has 0 aliphatic carbocycles. The predicted molar refractivity (Wildman–Crippen MR) is 53.8 cm³/mol. The largest absolute Gasteiger partial charge is 0.434 e. The second-order valence-corrected chi connectivity index (χ2v) is 4.70. The maximum Gasteiger partial charge on any atom is 0.434 e. The molecule has 1 amide bonds. The van der Waals surface area contributed by atoms with Crippen LogP contribution < -0.4 is 5.09 Å². The Kier molecular flexibility index (Phi) is 6.00. The molecule has 0 aromatic rings. The molecule has 0 aliphatic rings. The molecule has 0 aliphatic heterocycles. The maximum atomic E-state index is 11.8. The van der Waals surface area contributed by atoms with E-state index < -0.39 is 7.75 Å². The third-order valence-corrected chi connectivity index (χ3v) is 3.06. The van der Waals surface area contributed by atoms with Gasteiger partial charge in [0.15, 0.2) is 0 Å². The summed E-state index contributed by atoms with van der Waals surface area (Å²) in [5.74, 6) is -0.584. The highest BCUT2D eigenvalue weighted by Crippen LogP contribution is 2.43. The van der Waals surface area contributed by atoms with Crippen molar-refractivity contribution in [1.82, 2.24) is 5.09 Å². The van der Waals surface area contributed by atoms with Gasteiger partial charge in [-0.05, 0) is 13.8 Å². The molecule has 0 unspecified atom stereocenters.